The van der Waals surface area contributed by atoms with Crippen LogP contribution in [0.25, 0.3) is 0 Å². The van der Waals surface area contributed by atoms with Crippen LogP contribution in [0.1, 0.15) is 28.4 Å². The smallest absolute Gasteiger partial charge is 0.305 e. The van der Waals surface area contributed by atoms with Crippen molar-refractivity contribution in [1.82, 2.24) is 16.0 Å². The number of benzene rings is 2. The fourth-order valence-electron chi connectivity index (χ4n) is 3.34. The molecule has 2 atom stereocenters. The fourth-order valence-corrected chi connectivity index (χ4v) is 4.17. The molecule has 0 fully saturated rings. The lowest BCUT2D eigenvalue weighted by Gasteiger charge is -2.20. The minimum Gasteiger partial charge on any atom is -0.508 e. The zero-order chi connectivity index (χ0) is 26.4. The Kier molecular flexibility index (Phi) is 8.96. The van der Waals surface area contributed by atoms with Crippen molar-refractivity contribution in [2.24, 2.45) is 4.99 Å². The van der Waals surface area contributed by atoms with Crippen LogP contribution in [0.2, 0.25) is 5.02 Å². The summed E-state index contributed by atoms with van der Waals surface area (Å²) in [6, 6.07) is 5.62. The highest BCUT2D eigenvalue weighted by atomic mass is 79.9. The van der Waals surface area contributed by atoms with E-state index in [1.807, 2.05) is 0 Å². The zero-order valence-electron chi connectivity index (χ0n) is 18.6. The number of β-amino-alcohol motifs (C(OH)–C–C–N with tert-alkyl or cyclic N) is 1. The fraction of sp³-hybridized carbons (Fsp3) is 0.273. The molecule has 0 saturated heterocycles. The normalized spacial score (nSPS) is 15.8. The molecule has 2 aromatic carbocycles. The van der Waals surface area contributed by atoms with Crippen LogP contribution >= 0.6 is 27.5 Å². The van der Waals surface area contributed by atoms with Crippen molar-refractivity contribution >= 4 is 57.0 Å². The van der Waals surface area contributed by atoms with Gasteiger partial charge >= 0.3 is 5.97 Å². The zero-order valence-corrected chi connectivity index (χ0v) is 20.9. The van der Waals surface area contributed by atoms with E-state index in [1.165, 1.54) is 30.3 Å². The number of anilines is 1. The van der Waals surface area contributed by atoms with Gasteiger partial charge in [0.1, 0.15) is 11.5 Å². The van der Waals surface area contributed by atoms with E-state index in [2.05, 4.69) is 42.2 Å². The maximum atomic E-state index is 12.6. The minimum absolute atomic E-state index is 0.0419. The van der Waals surface area contributed by atoms with Crippen LogP contribution in [0.5, 0.6) is 11.5 Å². The SMILES string of the molecule is O=C(O)C[C@H](NC(=O)CNC(=O)c1cc(O)cc(NC2=NCC(O)CN2)c1)c1cc(Cl)cc(Br)c1O. The Morgan fingerprint density at radius 3 is 2.61 bits per heavy atom. The average Bonchev–Trinajstić information content (AvgIpc) is 2.80. The number of hydrogen-bond acceptors (Lipinski definition) is 9. The lowest BCUT2D eigenvalue weighted by Crippen LogP contribution is -2.42. The van der Waals surface area contributed by atoms with Crippen LogP contribution in [0.4, 0.5) is 5.69 Å². The molecule has 36 heavy (non-hydrogen) atoms. The molecule has 1 aliphatic heterocycles. The van der Waals surface area contributed by atoms with Gasteiger partial charge in [0.25, 0.3) is 5.91 Å². The highest BCUT2D eigenvalue weighted by molar-refractivity contribution is 9.10. The molecule has 8 N–H and O–H groups in total. The number of aliphatic imine (C=N–C) groups is 1. The Bertz CT molecular complexity index is 1210. The molecule has 0 spiro atoms. The van der Waals surface area contributed by atoms with Gasteiger partial charge in [0.15, 0.2) is 5.96 Å². The molecular formula is C22H23BrClN5O7. The average molecular weight is 585 g/mol. The molecule has 2 amide bonds. The number of amides is 2. The number of phenols is 2. The molecule has 12 nitrogen and oxygen atoms in total. The molecule has 0 saturated carbocycles. The maximum absolute atomic E-state index is 12.6. The van der Waals surface area contributed by atoms with Crippen LogP contribution in [0, 0.1) is 0 Å². The Morgan fingerprint density at radius 1 is 1.19 bits per heavy atom. The Balaban J connectivity index is 1.66. The number of rotatable bonds is 8. The Morgan fingerprint density at radius 2 is 1.94 bits per heavy atom. The number of aliphatic hydroxyl groups is 1. The van der Waals surface area contributed by atoms with E-state index in [1.54, 1.807) is 0 Å². The molecule has 1 heterocycles. The number of carbonyl (C=O) groups excluding carboxylic acids is 2. The summed E-state index contributed by atoms with van der Waals surface area (Å²) in [6.45, 7) is -0.0225. The van der Waals surface area contributed by atoms with Gasteiger partial charge in [-0.2, -0.15) is 0 Å². The lowest BCUT2D eigenvalue weighted by molar-refractivity contribution is -0.137. The molecular weight excluding hydrogens is 562 g/mol. The van der Waals surface area contributed by atoms with Gasteiger partial charge < -0.3 is 41.7 Å². The first-order valence-corrected chi connectivity index (χ1v) is 11.7. The molecule has 0 aromatic heterocycles. The first kappa shape index (κ1) is 27.0. The van der Waals surface area contributed by atoms with Gasteiger partial charge in [-0.05, 0) is 40.2 Å². The number of nitrogens with zero attached hydrogens (tertiary/aromatic N) is 1. The number of guanidine groups is 1. The second-order valence-electron chi connectivity index (χ2n) is 7.84. The number of carboxylic acid groups (broad SMARTS) is 1. The largest absolute Gasteiger partial charge is 0.508 e. The summed E-state index contributed by atoms with van der Waals surface area (Å²) in [5.41, 5.74) is 0.475. The van der Waals surface area contributed by atoms with Gasteiger partial charge in [0.05, 0.1) is 36.1 Å². The van der Waals surface area contributed by atoms with E-state index in [4.69, 9.17) is 11.6 Å². The van der Waals surface area contributed by atoms with Gasteiger partial charge in [-0.15, -0.1) is 0 Å². The van der Waals surface area contributed by atoms with Crippen molar-refractivity contribution in [3.05, 3.63) is 51.0 Å². The number of nitrogens with one attached hydrogen (secondary N) is 4. The molecule has 192 valence electrons. The lowest BCUT2D eigenvalue weighted by atomic mass is 10.0. The third-order valence-electron chi connectivity index (χ3n) is 4.96. The van der Waals surface area contributed by atoms with E-state index in [9.17, 15) is 34.8 Å². The van der Waals surface area contributed by atoms with Crippen LogP contribution in [-0.2, 0) is 9.59 Å². The molecule has 14 heteroatoms. The topological polar surface area (TPSA) is 193 Å². The second-order valence-corrected chi connectivity index (χ2v) is 9.13. The molecule has 3 rings (SSSR count). The van der Waals surface area contributed by atoms with Crippen molar-refractivity contribution in [3.63, 3.8) is 0 Å². The summed E-state index contributed by atoms with van der Waals surface area (Å²) in [5, 5.41) is 49.8. The number of aliphatic carboxylic acids is 1. The summed E-state index contributed by atoms with van der Waals surface area (Å²) in [5.74, 6) is -2.76. The van der Waals surface area contributed by atoms with Crippen LogP contribution in [0.3, 0.4) is 0 Å². The molecule has 0 radical (unpaired) electrons. The van der Waals surface area contributed by atoms with Gasteiger partial charge in [-0.3, -0.25) is 19.4 Å². The van der Waals surface area contributed by atoms with E-state index in [0.29, 0.717) is 18.2 Å². The number of carboxylic acids is 1. The van der Waals surface area contributed by atoms with E-state index in [0.717, 1.165) is 0 Å². The van der Waals surface area contributed by atoms with Crippen molar-refractivity contribution in [2.45, 2.75) is 18.6 Å². The van der Waals surface area contributed by atoms with Crippen LogP contribution in [-0.4, -0.2) is 69.9 Å². The summed E-state index contributed by atoms with van der Waals surface area (Å²) < 4.78 is 0.224. The van der Waals surface area contributed by atoms with Crippen molar-refractivity contribution < 1.29 is 34.8 Å². The monoisotopic (exact) mass is 583 g/mol. The predicted octanol–water partition coefficient (Wildman–Crippen LogP) is 1.31. The first-order chi connectivity index (χ1) is 17.0. The molecule has 2 aromatic rings. The van der Waals surface area contributed by atoms with Crippen molar-refractivity contribution in [3.8, 4) is 11.5 Å². The van der Waals surface area contributed by atoms with E-state index < -0.39 is 42.9 Å². The van der Waals surface area contributed by atoms with Gasteiger partial charge in [-0.25, -0.2) is 0 Å². The minimum atomic E-state index is -1.23. The second kappa shape index (κ2) is 11.9. The predicted molar refractivity (Wildman–Crippen MR) is 134 cm³/mol. The molecule has 1 aliphatic rings. The Hall–Kier alpha value is -3.55. The van der Waals surface area contributed by atoms with Gasteiger partial charge in [-0.1, -0.05) is 11.6 Å². The first-order valence-electron chi connectivity index (χ1n) is 10.6. The number of hydrogen-bond donors (Lipinski definition) is 8. The number of carbonyl (C=O) groups is 3. The number of aromatic hydroxyl groups is 2. The van der Waals surface area contributed by atoms with Crippen molar-refractivity contribution in [2.75, 3.05) is 25.0 Å². The van der Waals surface area contributed by atoms with Crippen LogP contribution < -0.4 is 21.3 Å². The summed E-state index contributed by atoms with van der Waals surface area (Å²) in [6.07, 6.45) is -1.15. The summed E-state index contributed by atoms with van der Waals surface area (Å²) >= 11 is 9.12. The highest BCUT2D eigenvalue weighted by Crippen LogP contribution is 2.36. The van der Waals surface area contributed by atoms with Gasteiger partial charge in [0.2, 0.25) is 5.91 Å². The maximum Gasteiger partial charge on any atom is 0.305 e. The number of phenolic OH excluding ortho intramolecular Hbond substituents is 2. The Labute approximate surface area is 218 Å². The molecule has 0 bridgehead atoms. The summed E-state index contributed by atoms with van der Waals surface area (Å²) in [7, 11) is 0. The van der Waals surface area contributed by atoms with Gasteiger partial charge in [0, 0.05) is 34.4 Å². The molecule has 1 unspecified atom stereocenters. The van der Waals surface area contributed by atoms with Crippen LogP contribution in [0.15, 0.2) is 39.8 Å². The van der Waals surface area contributed by atoms with E-state index >= 15 is 0 Å². The third kappa shape index (κ3) is 7.47. The third-order valence-corrected chi connectivity index (χ3v) is 5.79. The van der Waals surface area contributed by atoms with Crippen molar-refractivity contribution in [1.29, 1.82) is 0 Å². The standard InChI is InChI=1S/C22H23BrClN5O7/c23-16-4-11(24)3-15(20(16)35)17(6-19(33)34)29-18(32)9-25-21(36)10-1-12(5-13(30)2-10)28-22-26-7-14(31)8-27-22/h1-5,14,17,30-31,35H,6-9H2,(H,25,36)(H,29,32)(H,33,34)(H2,26,27,28)/t17-/m0/s1. The quantitative estimate of drug-likeness (QED) is 0.226. The summed E-state index contributed by atoms with van der Waals surface area (Å²) in [4.78, 5) is 40.5. The van der Waals surface area contributed by atoms with E-state index in [-0.39, 0.29) is 38.7 Å². The number of halogens is 2. The molecule has 0 aliphatic carbocycles. The highest BCUT2D eigenvalue weighted by Gasteiger charge is 2.23. The number of aliphatic hydroxyl groups excluding tert-OH is 1.